The average Bonchev–Trinajstić information content (AvgIpc) is 3.49. The molecule has 35 heavy (non-hydrogen) atoms. The predicted molar refractivity (Wildman–Crippen MR) is 141 cm³/mol. The number of amides is 1. The number of nitrogens with zero attached hydrogens (tertiary/aromatic N) is 3. The van der Waals surface area contributed by atoms with Crippen LogP contribution in [-0.2, 0) is 4.79 Å². The summed E-state index contributed by atoms with van der Waals surface area (Å²) in [5, 5.41) is 6.91. The molecule has 5 rings (SSSR count). The minimum absolute atomic E-state index is 0.165. The van der Waals surface area contributed by atoms with Gasteiger partial charge in [-0.2, -0.15) is 0 Å². The Labute approximate surface area is 209 Å². The van der Waals surface area contributed by atoms with E-state index in [1.165, 1.54) is 6.92 Å². The second kappa shape index (κ2) is 9.60. The van der Waals surface area contributed by atoms with Gasteiger partial charge in [-0.15, -0.1) is 0 Å². The molecule has 1 fully saturated rings. The first-order chi connectivity index (χ1) is 17.0. The molecule has 4 aromatic rings. The van der Waals surface area contributed by atoms with Crippen LogP contribution in [-0.4, -0.2) is 27.7 Å². The lowest BCUT2D eigenvalue weighted by Crippen LogP contribution is -2.29. The summed E-state index contributed by atoms with van der Waals surface area (Å²) < 4.78 is 7.55. The number of carbonyl (C=O) groups excluding carboxylic acids is 1. The van der Waals surface area contributed by atoms with Crippen molar-refractivity contribution in [3.05, 3.63) is 103 Å². The van der Waals surface area contributed by atoms with Gasteiger partial charge in [-0.05, 0) is 66.3 Å². The molecule has 0 spiro atoms. The van der Waals surface area contributed by atoms with Crippen molar-refractivity contribution in [2.24, 2.45) is 0 Å². The summed E-state index contributed by atoms with van der Waals surface area (Å²) in [6.45, 7) is 1.47. The molecule has 7 nitrogen and oxygen atoms in total. The Kier molecular flexibility index (Phi) is 6.20. The van der Waals surface area contributed by atoms with Crippen LogP contribution in [0.15, 0.2) is 91.4 Å². The van der Waals surface area contributed by atoms with E-state index in [1.54, 1.807) is 13.3 Å². The summed E-state index contributed by atoms with van der Waals surface area (Å²) in [6, 6.07) is 23.5. The number of para-hydroxylation sites is 1. The Morgan fingerprint density at radius 2 is 1.86 bits per heavy atom. The number of anilines is 2. The van der Waals surface area contributed by atoms with E-state index in [4.69, 9.17) is 17.0 Å². The Hall–Kier alpha value is -4.17. The molecule has 1 aliphatic rings. The maximum absolute atomic E-state index is 11.8. The van der Waals surface area contributed by atoms with Crippen molar-refractivity contribution >= 4 is 34.6 Å². The molecule has 0 bridgehead atoms. The second-order valence-electron chi connectivity index (χ2n) is 8.25. The van der Waals surface area contributed by atoms with Crippen LogP contribution in [0.2, 0.25) is 0 Å². The van der Waals surface area contributed by atoms with Crippen LogP contribution in [0.25, 0.3) is 5.69 Å². The van der Waals surface area contributed by atoms with Crippen molar-refractivity contribution in [1.29, 1.82) is 0 Å². The van der Waals surface area contributed by atoms with Crippen molar-refractivity contribution in [2.45, 2.75) is 19.0 Å². The molecule has 1 aliphatic heterocycles. The van der Waals surface area contributed by atoms with Crippen molar-refractivity contribution < 1.29 is 9.53 Å². The standard InChI is InChI=1S/C27H25N5O2S/c1-18(33)29-23-16-21(11-12-24(23)34-2)32-26(25(30-27(32)35)22-10-6-7-14-28-22)19-13-15-31(17-19)20-8-4-3-5-9-20/h3-17,25-26H,1-2H3,(H,29,33)(H,30,35)/t25-,26-/m1/s1. The van der Waals surface area contributed by atoms with Crippen molar-refractivity contribution in [3.8, 4) is 11.4 Å². The SMILES string of the molecule is COc1ccc(N2C(=S)N[C@H](c3ccccn3)[C@H]2c2ccn(-c3ccccc3)c2)cc1NC(C)=O. The molecule has 0 radical (unpaired) electrons. The lowest BCUT2D eigenvalue weighted by Gasteiger charge is -2.28. The Morgan fingerprint density at radius 1 is 1.06 bits per heavy atom. The monoisotopic (exact) mass is 483 g/mol. The summed E-state index contributed by atoms with van der Waals surface area (Å²) in [5.41, 5.74) is 4.47. The van der Waals surface area contributed by atoms with Gasteiger partial charge in [0.25, 0.3) is 0 Å². The third-order valence-corrected chi connectivity index (χ3v) is 6.30. The van der Waals surface area contributed by atoms with Crippen LogP contribution in [0.3, 0.4) is 0 Å². The first-order valence-electron chi connectivity index (χ1n) is 11.2. The number of hydrogen-bond donors (Lipinski definition) is 2. The first kappa shape index (κ1) is 22.6. The number of methoxy groups -OCH3 is 1. The number of ether oxygens (including phenoxy) is 1. The molecule has 8 heteroatoms. The molecular formula is C27H25N5O2S. The summed E-state index contributed by atoms with van der Waals surface area (Å²) >= 11 is 5.83. The van der Waals surface area contributed by atoms with E-state index in [9.17, 15) is 4.79 Å². The van der Waals surface area contributed by atoms with Crippen LogP contribution in [0.1, 0.15) is 30.3 Å². The van der Waals surface area contributed by atoms with E-state index in [-0.39, 0.29) is 18.0 Å². The maximum Gasteiger partial charge on any atom is 0.221 e. The highest BCUT2D eigenvalue weighted by molar-refractivity contribution is 7.80. The van der Waals surface area contributed by atoms with Crippen LogP contribution < -0.4 is 20.3 Å². The van der Waals surface area contributed by atoms with E-state index in [2.05, 4.69) is 55.7 Å². The van der Waals surface area contributed by atoms with Crippen molar-refractivity contribution in [3.63, 3.8) is 0 Å². The van der Waals surface area contributed by atoms with E-state index < -0.39 is 0 Å². The predicted octanol–water partition coefficient (Wildman–Crippen LogP) is 5.02. The second-order valence-corrected chi connectivity index (χ2v) is 8.64. The number of carbonyl (C=O) groups is 1. The van der Waals surface area contributed by atoms with E-state index in [0.29, 0.717) is 16.5 Å². The Bertz CT molecular complexity index is 1360. The van der Waals surface area contributed by atoms with Crippen LogP contribution in [0, 0.1) is 0 Å². The number of hydrogen-bond acceptors (Lipinski definition) is 4. The highest BCUT2D eigenvalue weighted by Crippen LogP contribution is 2.43. The number of rotatable bonds is 6. The fourth-order valence-electron chi connectivity index (χ4n) is 4.45. The summed E-state index contributed by atoms with van der Waals surface area (Å²) in [4.78, 5) is 18.5. The molecule has 2 atom stereocenters. The summed E-state index contributed by atoms with van der Waals surface area (Å²) in [7, 11) is 1.58. The van der Waals surface area contributed by atoms with Gasteiger partial charge in [0, 0.05) is 36.9 Å². The van der Waals surface area contributed by atoms with Gasteiger partial charge in [0.15, 0.2) is 5.11 Å². The van der Waals surface area contributed by atoms with Gasteiger partial charge in [-0.3, -0.25) is 9.78 Å². The largest absolute Gasteiger partial charge is 0.495 e. The van der Waals surface area contributed by atoms with Gasteiger partial charge in [0.1, 0.15) is 5.75 Å². The van der Waals surface area contributed by atoms with Crippen LogP contribution in [0.5, 0.6) is 5.75 Å². The minimum atomic E-state index is -0.176. The third kappa shape index (κ3) is 4.48. The lowest BCUT2D eigenvalue weighted by molar-refractivity contribution is -0.114. The zero-order valence-electron chi connectivity index (χ0n) is 19.4. The van der Waals surface area contributed by atoms with Crippen LogP contribution >= 0.6 is 12.2 Å². The zero-order valence-corrected chi connectivity index (χ0v) is 20.2. The van der Waals surface area contributed by atoms with Crippen molar-refractivity contribution in [2.75, 3.05) is 17.3 Å². The van der Waals surface area contributed by atoms with Gasteiger partial charge in [0.05, 0.1) is 30.6 Å². The maximum atomic E-state index is 11.8. The fraction of sp³-hybridized carbons (Fsp3) is 0.148. The Balaban J connectivity index is 1.60. The minimum Gasteiger partial charge on any atom is -0.495 e. The van der Waals surface area contributed by atoms with Gasteiger partial charge < -0.3 is 24.8 Å². The average molecular weight is 484 g/mol. The highest BCUT2D eigenvalue weighted by Gasteiger charge is 2.41. The molecule has 0 unspecified atom stereocenters. The van der Waals surface area contributed by atoms with E-state index in [0.717, 1.165) is 22.6 Å². The number of thiocarbonyl (C=S) groups is 1. The van der Waals surface area contributed by atoms with Gasteiger partial charge in [0.2, 0.25) is 5.91 Å². The Morgan fingerprint density at radius 3 is 2.57 bits per heavy atom. The van der Waals surface area contributed by atoms with Gasteiger partial charge in [-0.25, -0.2) is 0 Å². The molecule has 2 N–H and O–H groups in total. The molecule has 176 valence electrons. The smallest absolute Gasteiger partial charge is 0.221 e. The van der Waals surface area contributed by atoms with E-state index in [1.807, 2.05) is 54.6 Å². The molecule has 0 aliphatic carbocycles. The van der Waals surface area contributed by atoms with Crippen LogP contribution in [0.4, 0.5) is 11.4 Å². The topological polar surface area (TPSA) is 71.4 Å². The number of aromatic nitrogens is 2. The normalized spacial score (nSPS) is 17.2. The van der Waals surface area contributed by atoms with E-state index >= 15 is 0 Å². The molecule has 1 saturated heterocycles. The van der Waals surface area contributed by atoms with Gasteiger partial charge in [-0.1, -0.05) is 24.3 Å². The molecular weight excluding hydrogens is 458 g/mol. The molecule has 2 aromatic carbocycles. The fourth-order valence-corrected chi connectivity index (χ4v) is 4.80. The highest BCUT2D eigenvalue weighted by atomic mass is 32.1. The quantitative estimate of drug-likeness (QED) is 0.376. The first-order valence-corrected chi connectivity index (χ1v) is 11.7. The number of benzene rings is 2. The summed E-state index contributed by atoms with van der Waals surface area (Å²) in [6.07, 6.45) is 5.96. The van der Waals surface area contributed by atoms with Crippen molar-refractivity contribution in [1.82, 2.24) is 14.9 Å². The molecule has 2 aromatic heterocycles. The number of nitrogens with one attached hydrogen (secondary N) is 2. The lowest BCUT2D eigenvalue weighted by atomic mass is 9.98. The zero-order chi connectivity index (χ0) is 24.4. The molecule has 1 amide bonds. The van der Waals surface area contributed by atoms with Gasteiger partial charge >= 0.3 is 0 Å². The summed E-state index contributed by atoms with van der Waals surface area (Å²) in [5.74, 6) is 0.403. The number of pyridine rings is 1. The molecule has 0 saturated carbocycles. The molecule has 3 heterocycles. The third-order valence-electron chi connectivity index (χ3n) is 5.98.